The number of piperidine rings is 1. The van der Waals surface area contributed by atoms with Crippen molar-refractivity contribution in [3.05, 3.63) is 12.4 Å². The number of nitrogens with zero attached hydrogens (tertiary/aromatic N) is 5. The molecule has 0 bridgehead atoms. The number of halogens is 2. The molecule has 0 amide bonds. The first-order valence-corrected chi connectivity index (χ1v) is 7.39. The zero-order valence-corrected chi connectivity index (χ0v) is 12.4. The number of alkyl halides is 2. The van der Waals surface area contributed by atoms with E-state index in [0.717, 1.165) is 13.0 Å². The Morgan fingerprint density at radius 3 is 2.91 bits per heavy atom. The monoisotopic (exact) mass is 311 g/mol. The summed E-state index contributed by atoms with van der Waals surface area (Å²) < 4.78 is 26.4. The van der Waals surface area contributed by atoms with Crippen LogP contribution >= 0.6 is 0 Å². The summed E-state index contributed by atoms with van der Waals surface area (Å²) >= 11 is 0. The fourth-order valence-electron chi connectivity index (χ4n) is 3.06. The first-order valence-electron chi connectivity index (χ1n) is 7.39. The van der Waals surface area contributed by atoms with Crippen LogP contribution in [-0.4, -0.2) is 51.0 Å². The van der Waals surface area contributed by atoms with E-state index in [0.29, 0.717) is 29.4 Å². The van der Waals surface area contributed by atoms with Crippen molar-refractivity contribution in [3.8, 4) is 0 Å². The Hall–Kier alpha value is -1.83. The highest BCUT2D eigenvalue weighted by Gasteiger charge is 2.25. The van der Waals surface area contributed by atoms with Gasteiger partial charge in [-0.1, -0.05) is 6.92 Å². The van der Waals surface area contributed by atoms with Gasteiger partial charge in [-0.15, -0.1) is 0 Å². The molecule has 2 atom stereocenters. The van der Waals surface area contributed by atoms with Crippen molar-refractivity contribution in [2.75, 3.05) is 24.6 Å². The Bertz CT molecular complexity index is 647. The van der Waals surface area contributed by atoms with E-state index in [1.807, 2.05) is 0 Å². The van der Waals surface area contributed by atoms with Crippen molar-refractivity contribution in [2.45, 2.75) is 26.3 Å². The molecule has 1 saturated heterocycles. The normalized spacial score (nSPS) is 22.7. The molecule has 120 valence electrons. The number of anilines is 1. The number of hydrogen-bond donors (Lipinski definition) is 1. The third kappa shape index (κ3) is 3.01. The van der Waals surface area contributed by atoms with Crippen molar-refractivity contribution >= 4 is 17.0 Å². The lowest BCUT2D eigenvalue weighted by atomic mass is 9.91. The summed E-state index contributed by atoms with van der Waals surface area (Å²) in [5.41, 5.74) is 0.879. The van der Waals surface area contributed by atoms with Gasteiger partial charge in [0.2, 0.25) is 0 Å². The van der Waals surface area contributed by atoms with E-state index >= 15 is 0 Å². The summed E-state index contributed by atoms with van der Waals surface area (Å²) in [6.45, 7) is 3.29. The fourth-order valence-corrected chi connectivity index (χ4v) is 3.06. The van der Waals surface area contributed by atoms with Gasteiger partial charge in [0.25, 0.3) is 6.43 Å². The molecule has 1 aliphatic heterocycles. The average Bonchev–Trinajstić information content (AvgIpc) is 2.88. The lowest BCUT2D eigenvalue weighted by molar-refractivity contribution is 0.123. The molecular formula is C14H19F2N5O. The summed E-state index contributed by atoms with van der Waals surface area (Å²) in [4.78, 5) is 10.8. The first-order chi connectivity index (χ1) is 10.6. The summed E-state index contributed by atoms with van der Waals surface area (Å²) in [5, 5.41) is 13.3. The molecule has 0 radical (unpaired) electrons. The van der Waals surface area contributed by atoms with E-state index in [1.165, 1.54) is 10.9 Å². The average molecular weight is 311 g/mol. The third-order valence-electron chi connectivity index (χ3n) is 3.97. The molecular weight excluding hydrogens is 292 g/mol. The molecule has 3 rings (SSSR count). The Kier molecular flexibility index (Phi) is 4.19. The Morgan fingerprint density at radius 2 is 2.18 bits per heavy atom. The molecule has 0 aliphatic carbocycles. The predicted molar refractivity (Wildman–Crippen MR) is 77.9 cm³/mol. The molecule has 0 unspecified atom stereocenters. The van der Waals surface area contributed by atoms with Crippen molar-refractivity contribution in [3.63, 3.8) is 0 Å². The van der Waals surface area contributed by atoms with E-state index in [4.69, 9.17) is 0 Å². The van der Waals surface area contributed by atoms with Crippen LogP contribution in [-0.2, 0) is 6.54 Å². The van der Waals surface area contributed by atoms with Crippen LogP contribution < -0.4 is 4.90 Å². The summed E-state index contributed by atoms with van der Waals surface area (Å²) in [6, 6.07) is 0. The minimum absolute atomic E-state index is 0.139. The standard InChI is InChI=1S/C14H19F2N5O/c1-9-2-10(8-22)6-20(5-9)13-4-17-11-3-18-21(7-12(15)16)14(11)19-13/h3-4,9-10,12,22H,2,5-8H2,1H3/t9-,10+/m1/s1. The highest BCUT2D eigenvalue weighted by molar-refractivity contribution is 5.71. The molecule has 6 nitrogen and oxygen atoms in total. The predicted octanol–water partition coefficient (Wildman–Crippen LogP) is 1.55. The van der Waals surface area contributed by atoms with Crippen molar-refractivity contribution in [1.29, 1.82) is 0 Å². The molecule has 1 aliphatic rings. The topological polar surface area (TPSA) is 67.1 Å². The van der Waals surface area contributed by atoms with Crippen molar-refractivity contribution in [2.24, 2.45) is 11.8 Å². The molecule has 0 aromatic carbocycles. The van der Waals surface area contributed by atoms with Crippen molar-refractivity contribution in [1.82, 2.24) is 19.7 Å². The Morgan fingerprint density at radius 1 is 1.36 bits per heavy atom. The van der Waals surface area contributed by atoms with Crippen LogP contribution in [0.25, 0.3) is 11.2 Å². The van der Waals surface area contributed by atoms with Crippen LogP contribution in [0.2, 0.25) is 0 Å². The van der Waals surface area contributed by atoms with Gasteiger partial charge in [-0.2, -0.15) is 5.10 Å². The van der Waals surface area contributed by atoms with Gasteiger partial charge in [-0.25, -0.2) is 23.4 Å². The zero-order chi connectivity index (χ0) is 15.7. The Balaban J connectivity index is 1.90. The molecule has 8 heteroatoms. The van der Waals surface area contributed by atoms with E-state index in [9.17, 15) is 13.9 Å². The van der Waals surface area contributed by atoms with E-state index in [-0.39, 0.29) is 12.5 Å². The van der Waals surface area contributed by atoms with E-state index in [1.54, 1.807) is 6.20 Å². The van der Waals surface area contributed by atoms with Gasteiger partial charge in [-0.3, -0.25) is 0 Å². The van der Waals surface area contributed by atoms with Gasteiger partial charge in [0.15, 0.2) is 5.65 Å². The number of aliphatic hydroxyl groups is 1. The smallest absolute Gasteiger partial charge is 0.258 e. The summed E-state index contributed by atoms with van der Waals surface area (Å²) in [7, 11) is 0. The second-order valence-corrected chi connectivity index (χ2v) is 5.95. The van der Waals surface area contributed by atoms with E-state index < -0.39 is 13.0 Å². The first kappa shape index (κ1) is 15.1. The van der Waals surface area contributed by atoms with Crippen molar-refractivity contribution < 1.29 is 13.9 Å². The fraction of sp³-hybridized carbons (Fsp3) is 0.643. The molecule has 3 heterocycles. The molecule has 1 fully saturated rings. The van der Waals surface area contributed by atoms with Crippen LogP contribution in [0.1, 0.15) is 13.3 Å². The van der Waals surface area contributed by atoms with Crippen LogP contribution in [0, 0.1) is 11.8 Å². The van der Waals surface area contributed by atoms with Crippen LogP contribution in [0.15, 0.2) is 12.4 Å². The second-order valence-electron chi connectivity index (χ2n) is 5.95. The third-order valence-corrected chi connectivity index (χ3v) is 3.97. The van der Waals surface area contributed by atoms with Gasteiger partial charge in [0, 0.05) is 19.7 Å². The molecule has 0 saturated carbocycles. The number of fused-ring (bicyclic) bond motifs is 1. The lowest BCUT2D eigenvalue weighted by Crippen LogP contribution is -2.41. The van der Waals surface area contributed by atoms with Crippen LogP contribution in [0.4, 0.5) is 14.6 Å². The summed E-state index contributed by atoms with van der Waals surface area (Å²) in [5.74, 6) is 1.29. The minimum atomic E-state index is -2.48. The number of hydrogen-bond acceptors (Lipinski definition) is 5. The van der Waals surface area contributed by atoms with Crippen LogP contribution in [0.5, 0.6) is 0 Å². The summed E-state index contributed by atoms with van der Waals surface area (Å²) in [6.07, 6.45) is 1.58. The van der Waals surface area contributed by atoms with Gasteiger partial charge in [0.05, 0.1) is 12.4 Å². The maximum atomic E-state index is 12.6. The number of aliphatic hydroxyl groups excluding tert-OH is 1. The maximum absolute atomic E-state index is 12.6. The molecule has 22 heavy (non-hydrogen) atoms. The van der Waals surface area contributed by atoms with Gasteiger partial charge in [-0.05, 0) is 18.3 Å². The lowest BCUT2D eigenvalue weighted by Gasteiger charge is -2.36. The van der Waals surface area contributed by atoms with Gasteiger partial charge in [0.1, 0.15) is 17.9 Å². The highest BCUT2D eigenvalue weighted by atomic mass is 19.3. The number of aromatic nitrogens is 4. The second kappa shape index (κ2) is 6.12. The molecule has 0 spiro atoms. The minimum Gasteiger partial charge on any atom is -0.396 e. The molecule has 2 aromatic heterocycles. The van der Waals surface area contributed by atoms with E-state index in [2.05, 4.69) is 26.9 Å². The maximum Gasteiger partial charge on any atom is 0.258 e. The molecule has 2 aromatic rings. The highest BCUT2D eigenvalue weighted by Crippen LogP contribution is 2.25. The van der Waals surface area contributed by atoms with Gasteiger partial charge >= 0.3 is 0 Å². The van der Waals surface area contributed by atoms with Gasteiger partial charge < -0.3 is 10.0 Å². The van der Waals surface area contributed by atoms with Crippen LogP contribution in [0.3, 0.4) is 0 Å². The Labute approximate surface area is 126 Å². The molecule has 1 N–H and O–H groups in total. The zero-order valence-electron chi connectivity index (χ0n) is 12.4. The quantitative estimate of drug-likeness (QED) is 0.928. The largest absolute Gasteiger partial charge is 0.396 e. The number of rotatable bonds is 4. The SMILES string of the molecule is C[C@@H]1C[C@H](CO)CN(c2cnc3cnn(CC(F)F)c3n2)C1.